The van der Waals surface area contributed by atoms with Crippen molar-refractivity contribution in [3.05, 3.63) is 74.2 Å². The number of para-hydroxylation sites is 2. The molecule has 1 N–H and O–H groups in total. The van der Waals surface area contributed by atoms with E-state index in [9.17, 15) is 27.6 Å². The third kappa shape index (κ3) is 3.84. The van der Waals surface area contributed by atoms with Crippen LogP contribution in [0, 0.1) is 5.92 Å². The normalized spacial score (nSPS) is 19.2. The Morgan fingerprint density at radius 2 is 1.85 bits per heavy atom. The molecule has 2 aromatic carbocycles. The molecule has 1 aromatic heterocycles. The smallest absolute Gasteiger partial charge is 0.418 e. The molecule has 0 aliphatic carbocycles. The fraction of sp³-hybridized carbons (Fsp3) is 0.227. The monoisotopic (exact) mass is 492 g/mol. The van der Waals surface area contributed by atoms with Crippen LogP contribution in [0.1, 0.15) is 21.9 Å². The minimum Gasteiger partial charge on any atom is -0.426 e. The lowest BCUT2D eigenvalue weighted by Gasteiger charge is -2.34. The highest BCUT2D eigenvalue weighted by Gasteiger charge is 2.44. The fourth-order valence-electron chi connectivity index (χ4n) is 4.09. The number of aromatic nitrogens is 1. The second-order valence-corrected chi connectivity index (χ2v) is 9.57. The first-order valence-electron chi connectivity index (χ1n) is 9.87. The SMILES string of the molecule is O=C(Cn1c2c(sc1=O)C1c3ccccc3OC(=O)C1CS2)Nc1ccccc1C(F)(F)F. The molecule has 2 unspecified atom stereocenters. The predicted octanol–water partition coefficient (Wildman–Crippen LogP) is 4.34. The van der Waals surface area contributed by atoms with Crippen LogP contribution in [0.15, 0.2) is 58.4 Å². The highest BCUT2D eigenvalue weighted by Crippen LogP contribution is 2.50. The van der Waals surface area contributed by atoms with E-state index < -0.39 is 35.0 Å². The van der Waals surface area contributed by atoms with Crippen molar-refractivity contribution in [2.75, 3.05) is 11.1 Å². The van der Waals surface area contributed by atoms with Gasteiger partial charge in [-0.1, -0.05) is 41.7 Å². The van der Waals surface area contributed by atoms with Gasteiger partial charge in [0.25, 0.3) is 0 Å². The summed E-state index contributed by atoms with van der Waals surface area (Å²) in [7, 11) is 0. The first-order chi connectivity index (χ1) is 15.7. The van der Waals surface area contributed by atoms with Crippen LogP contribution in [0.3, 0.4) is 0 Å². The molecule has 0 fully saturated rings. The van der Waals surface area contributed by atoms with Gasteiger partial charge in [0, 0.05) is 22.1 Å². The van der Waals surface area contributed by atoms with E-state index in [1.807, 2.05) is 12.1 Å². The molecule has 2 aliphatic heterocycles. The van der Waals surface area contributed by atoms with E-state index >= 15 is 0 Å². The largest absolute Gasteiger partial charge is 0.426 e. The highest BCUT2D eigenvalue weighted by atomic mass is 32.2. The lowest BCUT2D eigenvalue weighted by molar-refractivity contribution is -0.140. The van der Waals surface area contributed by atoms with Crippen LogP contribution in [0.2, 0.25) is 0 Å². The molecule has 2 atom stereocenters. The van der Waals surface area contributed by atoms with Crippen LogP contribution in [-0.2, 0) is 22.3 Å². The molecule has 33 heavy (non-hydrogen) atoms. The molecule has 0 spiro atoms. The first kappa shape index (κ1) is 21.8. The number of carbonyl (C=O) groups is 2. The number of carbonyl (C=O) groups excluding carboxylic acids is 2. The Morgan fingerprint density at radius 3 is 2.64 bits per heavy atom. The number of anilines is 1. The quantitative estimate of drug-likeness (QED) is 0.435. The van der Waals surface area contributed by atoms with E-state index in [1.54, 1.807) is 12.1 Å². The lowest BCUT2D eigenvalue weighted by atomic mass is 9.83. The Labute approximate surface area is 193 Å². The number of hydrogen-bond acceptors (Lipinski definition) is 6. The zero-order valence-electron chi connectivity index (χ0n) is 16.7. The third-order valence-corrected chi connectivity index (χ3v) is 7.96. The number of ether oxygens (including phenoxy) is 1. The standard InChI is InChI=1S/C22H15F3N2O4S2/c23-22(24,25)13-6-2-3-7-14(13)26-16(28)9-27-19-18(33-21(27)30)17-11-5-1-4-8-15(11)31-20(29)12(17)10-32-19/h1-8,12,17H,9-10H2,(H,26,28). The molecule has 6 nitrogen and oxygen atoms in total. The zero-order valence-corrected chi connectivity index (χ0v) is 18.4. The Morgan fingerprint density at radius 1 is 1.12 bits per heavy atom. The first-order valence-corrected chi connectivity index (χ1v) is 11.7. The van der Waals surface area contributed by atoms with Gasteiger partial charge in [-0.3, -0.25) is 19.0 Å². The van der Waals surface area contributed by atoms with Crippen LogP contribution in [0.4, 0.5) is 18.9 Å². The number of amides is 1. The Hall–Kier alpha value is -3.05. The van der Waals surface area contributed by atoms with Crippen molar-refractivity contribution in [2.45, 2.75) is 23.7 Å². The van der Waals surface area contributed by atoms with E-state index in [0.29, 0.717) is 21.4 Å². The molecule has 3 aromatic rings. The average Bonchev–Trinajstić information content (AvgIpc) is 3.08. The number of alkyl halides is 3. The number of benzene rings is 2. The second-order valence-electron chi connectivity index (χ2n) is 7.57. The van der Waals surface area contributed by atoms with E-state index in [-0.39, 0.29) is 17.6 Å². The van der Waals surface area contributed by atoms with E-state index in [2.05, 4.69) is 5.32 Å². The number of rotatable bonds is 3. The van der Waals surface area contributed by atoms with Gasteiger partial charge in [-0.15, -0.1) is 11.8 Å². The van der Waals surface area contributed by atoms with Gasteiger partial charge in [-0.05, 0) is 18.2 Å². The Balaban J connectivity index is 1.46. The Kier molecular flexibility index (Phi) is 5.32. The number of nitrogens with zero attached hydrogens (tertiary/aromatic N) is 1. The summed E-state index contributed by atoms with van der Waals surface area (Å²) in [5.41, 5.74) is -0.544. The summed E-state index contributed by atoms with van der Waals surface area (Å²) in [5, 5.41) is 2.82. The van der Waals surface area contributed by atoms with Gasteiger partial charge < -0.3 is 10.1 Å². The number of thioether (sulfide) groups is 1. The molecule has 0 bridgehead atoms. The minimum atomic E-state index is -4.63. The number of thiazole rings is 1. The van der Waals surface area contributed by atoms with Crippen LogP contribution < -0.4 is 14.9 Å². The number of esters is 1. The molecule has 170 valence electrons. The summed E-state index contributed by atoms with van der Waals surface area (Å²) in [4.78, 5) is 38.2. The lowest BCUT2D eigenvalue weighted by Crippen LogP contribution is -2.36. The number of hydrogen-bond donors (Lipinski definition) is 1. The van der Waals surface area contributed by atoms with Crippen molar-refractivity contribution >= 4 is 40.7 Å². The molecule has 0 radical (unpaired) electrons. The summed E-state index contributed by atoms with van der Waals surface area (Å²) in [6.07, 6.45) is -4.63. The summed E-state index contributed by atoms with van der Waals surface area (Å²) < 4.78 is 46.4. The van der Waals surface area contributed by atoms with Crippen molar-refractivity contribution < 1.29 is 27.5 Å². The van der Waals surface area contributed by atoms with Crippen molar-refractivity contribution in [1.29, 1.82) is 0 Å². The second kappa shape index (κ2) is 8.07. The topological polar surface area (TPSA) is 77.4 Å². The summed E-state index contributed by atoms with van der Waals surface area (Å²) in [6, 6.07) is 11.8. The van der Waals surface area contributed by atoms with Gasteiger partial charge in [0.05, 0.1) is 22.2 Å². The van der Waals surface area contributed by atoms with Crippen molar-refractivity contribution in [1.82, 2.24) is 4.57 Å². The minimum absolute atomic E-state index is 0.361. The van der Waals surface area contributed by atoms with Crippen LogP contribution in [0.5, 0.6) is 5.75 Å². The molecular formula is C22H15F3N2O4S2. The van der Waals surface area contributed by atoms with Gasteiger partial charge in [0.1, 0.15) is 12.3 Å². The van der Waals surface area contributed by atoms with Gasteiger partial charge in [0.2, 0.25) is 5.91 Å². The fourth-order valence-corrected chi connectivity index (χ4v) is 6.76. The molecule has 2 aliphatic rings. The van der Waals surface area contributed by atoms with Gasteiger partial charge in [-0.2, -0.15) is 13.2 Å². The van der Waals surface area contributed by atoms with Crippen molar-refractivity contribution in [3.63, 3.8) is 0 Å². The van der Waals surface area contributed by atoms with Gasteiger partial charge >= 0.3 is 17.0 Å². The third-order valence-electron chi connectivity index (χ3n) is 5.53. The molecule has 0 saturated heterocycles. The highest BCUT2D eigenvalue weighted by molar-refractivity contribution is 7.99. The average molecular weight is 493 g/mol. The molecule has 5 rings (SSSR count). The number of halogens is 3. The molecular weight excluding hydrogens is 477 g/mol. The van der Waals surface area contributed by atoms with Crippen LogP contribution in [-0.4, -0.2) is 22.2 Å². The maximum Gasteiger partial charge on any atom is 0.418 e. The zero-order chi connectivity index (χ0) is 23.3. The predicted molar refractivity (Wildman–Crippen MR) is 117 cm³/mol. The number of fused-ring (bicyclic) bond motifs is 5. The summed E-state index contributed by atoms with van der Waals surface area (Å²) in [5.74, 6) is -1.15. The molecule has 11 heteroatoms. The van der Waals surface area contributed by atoms with Crippen molar-refractivity contribution in [3.8, 4) is 5.75 Å². The van der Waals surface area contributed by atoms with E-state index in [1.165, 1.54) is 28.5 Å². The summed E-state index contributed by atoms with van der Waals surface area (Å²) >= 11 is 2.21. The molecule has 1 amide bonds. The van der Waals surface area contributed by atoms with Crippen LogP contribution >= 0.6 is 23.1 Å². The molecule has 3 heterocycles. The molecule has 0 saturated carbocycles. The summed E-state index contributed by atoms with van der Waals surface area (Å²) in [6.45, 7) is -0.437. The van der Waals surface area contributed by atoms with Gasteiger partial charge in [-0.25, -0.2) is 0 Å². The maximum atomic E-state index is 13.2. The van der Waals surface area contributed by atoms with E-state index in [4.69, 9.17) is 4.74 Å². The van der Waals surface area contributed by atoms with Crippen LogP contribution in [0.25, 0.3) is 0 Å². The number of nitrogens with one attached hydrogen (secondary N) is 1. The maximum absolute atomic E-state index is 13.2. The Bertz CT molecular complexity index is 1330. The van der Waals surface area contributed by atoms with E-state index in [0.717, 1.165) is 29.0 Å². The van der Waals surface area contributed by atoms with Crippen molar-refractivity contribution in [2.24, 2.45) is 5.92 Å². The van der Waals surface area contributed by atoms with Gasteiger partial charge in [0.15, 0.2) is 0 Å².